The molecular formula is C19H15N5O5. The fourth-order valence-electron chi connectivity index (χ4n) is 3.02. The Hall–Kier alpha value is -4.21. The van der Waals surface area contributed by atoms with Gasteiger partial charge in [-0.1, -0.05) is 6.07 Å². The second kappa shape index (κ2) is 7.08. The van der Waals surface area contributed by atoms with Crippen molar-refractivity contribution in [3.8, 4) is 5.69 Å². The van der Waals surface area contributed by atoms with Crippen molar-refractivity contribution in [3.63, 3.8) is 0 Å². The van der Waals surface area contributed by atoms with Crippen molar-refractivity contribution >= 4 is 28.4 Å². The number of hydrogen-bond donors (Lipinski definition) is 1. The second-order valence-corrected chi connectivity index (χ2v) is 6.35. The van der Waals surface area contributed by atoms with E-state index in [0.29, 0.717) is 11.2 Å². The van der Waals surface area contributed by atoms with Crippen LogP contribution in [0.2, 0.25) is 0 Å². The van der Waals surface area contributed by atoms with Crippen LogP contribution in [0.3, 0.4) is 0 Å². The minimum atomic E-state index is -0.767. The van der Waals surface area contributed by atoms with E-state index in [4.69, 9.17) is 4.42 Å². The molecule has 0 aliphatic carbocycles. The van der Waals surface area contributed by atoms with E-state index < -0.39 is 16.6 Å². The number of nitrogens with one attached hydrogen (secondary N) is 1. The molecule has 1 N–H and O–H groups in total. The summed E-state index contributed by atoms with van der Waals surface area (Å²) in [5.41, 5.74) is 2.42. The third kappa shape index (κ3) is 3.50. The largest absolute Gasteiger partial charge is 0.420 e. The Morgan fingerprint density at radius 2 is 2.07 bits per heavy atom. The first-order valence-corrected chi connectivity index (χ1v) is 8.61. The van der Waals surface area contributed by atoms with Crippen LogP contribution in [0.5, 0.6) is 0 Å². The average molecular weight is 393 g/mol. The summed E-state index contributed by atoms with van der Waals surface area (Å²) in [6.45, 7) is 1.62. The third-order valence-corrected chi connectivity index (χ3v) is 4.37. The molecule has 1 amide bonds. The highest BCUT2D eigenvalue weighted by Crippen LogP contribution is 2.20. The number of fused-ring (bicyclic) bond motifs is 1. The van der Waals surface area contributed by atoms with Gasteiger partial charge < -0.3 is 9.73 Å². The summed E-state index contributed by atoms with van der Waals surface area (Å²) in [4.78, 5) is 34.8. The molecule has 146 valence electrons. The van der Waals surface area contributed by atoms with Crippen molar-refractivity contribution in [2.75, 3.05) is 5.32 Å². The molecule has 0 unspecified atom stereocenters. The lowest BCUT2D eigenvalue weighted by Crippen LogP contribution is -2.24. The first kappa shape index (κ1) is 18.2. The number of rotatable bonds is 5. The molecule has 0 spiro atoms. The van der Waals surface area contributed by atoms with Crippen LogP contribution in [0.25, 0.3) is 16.8 Å². The summed E-state index contributed by atoms with van der Waals surface area (Å²) in [6.07, 6.45) is 1.68. The van der Waals surface area contributed by atoms with Crippen LogP contribution >= 0.6 is 0 Å². The molecule has 4 aromatic rings. The zero-order valence-electron chi connectivity index (χ0n) is 15.2. The maximum absolute atomic E-state index is 12.5. The van der Waals surface area contributed by atoms with Crippen LogP contribution in [0.1, 0.15) is 5.69 Å². The van der Waals surface area contributed by atoms with Gasteiger partial charge >= 0.3 is 5.76 Å². The lowest BCUT2D eigenvalue weighted by Gasteiger charge is -2.09. The summed E-state index contributed by atoms with van der Waals surface area (Å²) in [5.74, 6) is -1.21. The van der Waals surface area contributed by atoms with E-state index >= 15 is 0 Å². The number of nitrogens with zero attached hydrogens (tertiary/aromatic N) is 4. The molecule has 2 heterocycles. The minimum absolute atomic E-state index is 0.0492. The van der Waals surface area contributed by atoms with E-state index in [0.717, 1.165) is 22.0 Å². The van der Waals surface area contributed by atoms with E-state index in [-0.39, 0.29) is 17.8 Å². The lowest BCUT2D eigenvalue weighted by atomic mass is 10.2. The molecule has 10 nitrogen and oxygen atoms in total. The average Bonchev–Trinajstić information content (AvgIpc) is 3.24. The molecule has 2 aromatic carbocycles. The SMILES string of the molecule is Cc1ccnn1-c1cccc(NC(=O)Cn2c(=O)oc3cc([N+](=O)[O-])ccc32)c1. The number of oxazole rings is 1. The summed E-state index contributed by atoms with van der Waals surface area (Å²) in [5, 5.41) is 17.8. The van der Waals surface area contributed by atoms with Crippen molar-refractivity contribution in [1.82, 2.24) is 14.3 Å². The van der Waals surface area contributed by atoms with Crippen LogP contribution in [-0.2, 0) is 11.3 Å². The molecule has 0 atom stereocenters. The maximum atomic E-state index is 12.5. The summed E-state index contributed by atoms with van der Waals surface area (Å²) >= 11 is 0. The normalized spacial score (nSPS) is 10.9. The Balaban J connectivity index is 1.56. The Labute approximate surface area is 163 Å². The van der Waals surface area contributed by atoms with Gasteiger partial charge in [-0.25, -0.2) is 9.48 Å². The van der Waals surface area contributed by atoms with Crippen molar-refractivity contribution < 1.29 is 14.1 Å². The first-order chi connectivity index (χ1) is 13.9. The van der Waals surface area contributed by atoms with Gasteiger partial charge in [-0.2, -0.15) is 5.10 Å². The van der Waals surface area contributed by atoms with Gasteiger partial charge in [0.1, 0.15) is 6.54 Å². The first-order valence-electron chi connectivity index (χ1n) is 8.61. The standard InChI is InChI=1S/C19H15N5O5/c1-12-7-8-20-23(12)14-4-2-3-13(9-14)21-18(25)11-22-16-6-5-15(24(27)28)10-17(16)29-19(22)26/h2-10H,11H2,1H3,(H,21,25). The molecule has 0 fully saturated rings. The number of carbonyl (C=O) groups excluding carboxylic acids is 1. The van der Waals surface area contributed by atoms with Gasteiger partial charge in [0, 0.05) is 23.6 Å². The van der Waals surface area contributed by atoms with E-state index in [1.54, 1.807) is 29.1 Å². The molecule has 4 rings (SSSR count). The maximum Gasteiger partial charge on any atom is 0.420 e. The van der Waals surface area contributed by atoms with E-state index in [2.05, 4.69) is 10.4 Å². The van der Waals surface area contributed by atoms with E-state index in [1.807, 2.05) is 19.1 Å². The van der Waals surface area contributed by atoms with Crippen LogP contribution in [0.15, 0.2) is 63.9 Å². The summed E-state index contributed by atoms with van der Waals surface area (Å²) in [6, 6.07) is 12.8. The third-order valence-electron chi connectivity index (χ3n) is 4.37. The van der Waals surface area contributed by atoms with Crippen molar-refractivity contribution in [2.24, 2.45) is 0 Å². The molecule has 0 radical (unpaired) electrons. The van der Waals surface area contributed by atoms with E-state index in [9.17, 15) is 19.7 Å². The van der Waals surface area contributed by atoms with Crippen LogP contribution < -0.4 is 11.1 Å². The van der Waals surface area contributed by atoms with Gasteiger partial charge in [-0.3, -0.25) is 19.5 Å². The molecule has 0 saturated heterocycles. The van der Waals surface area contributed by atoms with Gasteiger partial charge in [0.2, 0.25) is 5.91 Å². The monoisotopic (exact) mass is 393 g/mol. The fraction of sp³-hybridized carbons (Fsp3) is 0.105. The number of benzene rings is 2. The molecule has 0 aliphatic heterocycles. The van der Waals surface area contributed by atoms with Gasteiger partial charge in [-0.05, 0) is 37.3 Å². The number of aryl methyl sites for hydroxylation is 1. The Morgan fingerprint density at radius 3 is 2.79 bits per heavy atom. The highest BCUT2D eigenvalue weighted by molar-refractivity contribution is 5.91. The lowest BCUT2D eigenvalue weighted by molar-refractivity contribution is -0.384. The van der Waals surface area contributed by atoms with Crippen molar-refractivity contribution in [2.45, 2.75) is 13.5 Å². The minimum Gasteiger partial charge on any atom is -0.407 e. The molecule has 0 aliphatic rings. The zero-order chi connectivity index (χ0) is 20.5. The Kier molecular flexibility index (Phi) is 4.43. The van der Waals surface area contributed by atoms with E-state index in [1.165, 1.54) is 12.1 Å². The molecule has 0 bridgehead atoms. The number of aromatic nitrogens is 3. The van der Waals surface area contributed by atoms with Crippen LogP contribution in [0, 0.1) is 17.0 Å². The summed E-state index contributed by atoms with van der Waals surface area (Å²) in [7, 11) is 0. The van der Waals surface area contributed by atoms with Gasteiger partial charge in [0.05, 0.1) is 22.2 Å². The number of amides is 1. The van der Waals surface area contributed by atoms with Gasteiger partial charge in [0.25, 0.3) is 5.69 Å². The Morgan fingerprint density at radius 1 is 1.24 bits per heavy atom. The van der Waals surface area contributed by atoms with Crippen molar-refractivity contribution in [3.05, 3.63) is 81.1 Å². The Bertz CT molecular complexity index is 1300. The quantitative estimate of drug-likeness (QED) is 0.410. The summed E-state index contributed by atoms with van der Waals surface area (Å²) < 4.78 is 7.89. The molecule has 2 aromatic heterocycles. The highest BCUT2D eigenvalue weighted by Gasteiger charge is 2.16. The zero-order valence-corrected chi connectivity index (χ0v) is 15.2. The number of nitro groups is 1. The van der Waals surface area contributed by atoms with Gasteiger partial charge in [0.15, 0.2) is 5.58 Å². The molecule has 29 heavy (non-hydrogen) atoms. The number of non-ortho nitro benzene ring substituents is 1. The van der Waals surface area contributed by atoms with Crippen LogP contribution in [0.4, 0.5) is 11.4 Å². The topological polar surface area (TPSA) is 125 Å². The number of nitro benzene ring substituents is 1. The second-order valence-electron chi connectivity index (χ2n) is 6.35. The smallest absolute Gasteiger partial charge is 0.407 e. The van der Waals surface area contributed by atoms with Crippen LogP contribution in [-0.4, -0.2) is 25.2 Å². The fourth-order valence-corrected chi connectivity index (χ4v) is 3.02. The predicted molar refractivity (Wildman–Crippen MR) is 104 cm³/mol. The number of hydrogen-bond acceptors (Lipinski definition) is 6. The predicted octanol–water partition coefficient (Wildman–Crippen LogP) is 2.64. The number of carbonyl (C=O) groups is 1. The molecule has 0 saturated carbocycles. The number of anilines is 1. The highest BCUT2D eigenvalue weighted by atomic mass is 16.6. The van der Waals surface area contributed by atoms with Gasteiger partial charge in [-0.15, -0.1) is 0 Å². The molecule has 10 heteroatoms. The van der Waals surface area contributed by atoms with Crippen molar-refractivity contribution in [1.29, 1.82) is 0 Å². The molecular weight excluding hydrogens is 378 g/mol.